The van der Waals surface area contributed by atoms with Crippen molar-refractivity contribution in [3.05, 3.63) is 48.0 Å². The summed E-state index contributed by atoms with van der Waals surface area (Å²) in [7, 11) is 1.83. The van der Waals surface area contributed by atoms with Crippen LogP contribution < -0.4 is 10.6 Å². The first kappa shape index (κ1) is 19.4. The van der Waals surface area contributed by atoms with E-state index in [0.717, 1.165) is 11.1 Å². The highest BCUT2D eigenvalue weighted by Gasteiger charge is 2.27. The summed E-state index contributed by atoms with van der Waals surface area (Å²) in [5, 5.41) is 15.4. The first-order chi connectivity index (χ1) is 15.1. The quantitative estimate of drug-likeness (QED) is 0.643. The SMILES string of the molecule is Cn1cc(Nc2ncc3cnn(CC4=C(F)C(N5CCNCC5=O)=CCC4)c3n2)cn1. The van der Waals surface area contributed by atoms with Crippen molar-refractivity contribution in [3.63, 3.8) is 0 Å². The summed E-state index contributed by atoms with van der Waals surface area (Å²) in [4.78, 5) is 22.6. The van der Waals surface area contributed by atoms with Crippen LogP contribution in [0.4, 0.5) is 16.0 Å². The van der Waals surface area contributed by atoms with Crippen LogP contribution in [-0.4, -0.2) is 60.0 Å². The second-order valence-corrected chi connectivity index (χ2v) is 7.57. The molecule has 0 spiro atoms. The maximum atomic E-state index is 15.3. The zero-order valence-corrected chi connectivity index (χ0v) is 17.0. The van der Waals surface area contributed by atoms with Crippen molar-refractivity contribution in [1.29, 1.82) is 0 Å². The Balaban J connectivity index is 1.41. The summed E-state index contributed by atoms with van der Waals surface area (Å²) in [6, 6.07) is 0. The maximum Gasteiger partial charge on any atom is 0.241 e. The smallest absolute Gasteiger partial charge is 0.241 e. The molecule has 160 valence electrons. The number of halogens is 1. The minimum absolute atomic E-state index is 0.114. The number of carbonyl (C=O) groups excluding carboxylic acids is 1. The Hall–Kier alpha value is -3.60. The number of amides is 1. The molecule has 1 aliphatic heterocycles. The lowest BCUT2D eigenvalue weighted by molar-refractivity contribution is -0.129. The molecule has 0 unspecified atom stereocenters. The van der Waals surface area contributed by atoms with Gasteiger partial charge < -0.3 is 15.5 Å². The predicted octanol–water partition coefficient (Wildman–Crippen LogP) is 1.64. The summed E-state index contributed by atoms with van der Waals surface area (Å²) in [5.41, 5.74) is 2.35. The van der Waals surface area contributed by atoms with Crippen LogP contribution in [0.3, 0.4) is 0 Å². The van der Waals surface area contributed by atoms with Crippen LogP contribution in [0.15, 0.2) is 48.0 Å². The molecule has 0 atom stereocenters. The highest BCUT2D eigenvalue weighted by Crippen LogP contribution is 2.31. The van der Waals surface area contributed by atoms with Crippen molar-refractivity contribution in [3.8, 4) is 0 Å². The van der Waals surface area contributed by atoms with Crippen LogP contribution >= 0.6 is 0 Å². The minimum Gasteiger partial charge on any atom is -0.321 e. The van der Waals surface area contributed by atoms with E-state index in [-0.39, 0.29) is 24.8 Å². The second-order valence-electron chi connectivity index (χ2n) is 7.57. The summed E-state index contributed by atoms with van der Waals surface area (Å²) in [6.07, 6.45) is 9.90. The zero-order valence-electron chi connectivity index (χ0n) is 17.0. The summed E-state index contributed by atoms with van der Waals surface area (Å²) < 4.78 is 18.7. The number of fused-ring (bicyclic) bond motifs is 1. The van der Waals surface area contributed by atoms with Crippen molar-refractivity contribution in [2.75, 3.05) is 25.0 Å². The number of aryl methyl sites for hydroxylation is 1. The Morgan fingerprint density at radius 2 is 2.16 bits per heavy atom. The van der Waals surface area contributed by atoms with Crippen LogP contribution in [0.5, 0.6) is 0 Å². The third-order valence-electron chi connectivity index (χ3n) is 5.38. The highest BCUT2D eigenvalue weighted by molar-refractivity contribution is 5.81. The lowest BCUT2D eigenvalue weighted by Gasteiger charge is -2.31. The van der Waals surface area contributed by atoms with E-state index in [0.29, 0.717) is 48.8 Å². The molecule has 3 aromatic rings. The topological polar surface area (TPSA) is 106 Å². The van der Waals surface area contributed by atoms with Gasteiger partial charge in [0.15, 0.2) is 5.65 Å². The Morgan fingerprint density at radius 3 is 2.97 bits per heavy atom. The van der Waals surface area contributed by atoms with Crippen molar-refractivity contribution < 1.29 is 9.18 Å². The van der Waals surface area contributed by atoms with Crippen LogP contribution in [0.1, 0.15) is 12.8 Å². The lowest BCUT2D eigenvalue weighted by atomic mass is 10.0. The average molecular weight is 423 g/mol. The number of rotatable bonds is 5. The molecule has 1 fully saturated rings. The molecule has 1 amide bonds. The molecule has 3 aromatic heterocycles. The molecular weight excluding hydrogens is 401 g/mol. The fourth-order valence-corrected chi connectivity index (χ4v) is 3.84. The molecule has 2 aliphatic rings. The summed E-state index contributed by atoms with van der Waals surface area (Å²) in [5.74, 6) is -0.0439. The molecule has 5 rings (SSSR count). The van der Waals surface area contributed by atoms with Crippen molar-refractivity contribution in [2.24, 2.45) is 7.05 Å². The normalized spacial score (nSPS) is 17.4. The highest BCUT2D eigenvalue weighted by atomic mass is 19.1. The number of anilines is 2. The van der Waals surface area contributed by atoms with Crippen LogP contribution in [-0.2, 0) is 18.4 Å². The van der Waals surface area contributed by atoms with Gasteiger partial charge >= 0.3 is 0 Å². The number of allylic oxidation sites excluding steroid dienone is 3. The maximum absolute atomic E-state index is 15.3. The van der Waals surface area contributed by atoms with Gasteiger partial charge in [-0.2, -0.15) is 15.2 Å². The van der Waals surface area contributed by atoms with E-state index < -0.39 is 0 Å². The first-order valence-corrected chi connectivity index (χ1v) is 10.1. The number of aromatic nitrogens is 6. The van der Waals surface area contributed by atoms with Gasteiger partial charge in [-0.05, 0) is 18.4 Å². The van der Waals surface area contributed by atoms with Gasteiger partial charge in [0.05, 0.1) is 42.3 Å². The summed E-state index contributed by atoms with van der Waals surface area (Å²) in [6.45, 7) is 1.61. The van der Waals surface area contributed by atoms with Gasteiger partial charge in [0.2, 0.25) is 11.9 Å². The third kappa shape index (κ3) is 3.79. The number of hydrogen-bond donors (Lipinski definition) is 2. The number of nitrogens with one attached hydrogen (secondary N) is 2. The van der Waals surface area contributed by atoms with Crippen molar-refractivity contribution in [1.82, 2.24) is 39.7 Å². The van der Waals surface area contributed by atoms with E-state index in [4.69, 9.17) is 0 Å². The number of carbonyl (C=O) groups is 1. The molecule has 0 saturated carbocycles. The van der Waals surface area contributed by atoms with Gasteiger partial charge in [0.25, 0.3) is 0 Å². The molecule has 4 heterocycles. The van der Waals surface area contributed by atoms with Crippen LogP contribution in [0.25, 0.3) is 11.0 Å². The molecule has 1 saturated heterocycles. The van der Waals surface area contributed by atoms with Gasteiger partial charge in [-0.3, -0.25) is 9.48 Å². The Kier molecular flexibility index (Phi) is 4.94. The number of nitrogens with zero attached hydrogens (tertiary/aromatic N) is 7. The molecule has 0 aromatic carbocycles. The van der Waals surface area contributed by atoms with E-state index in [1.807, 2.05) is 13.2 Å². The lowest BCUT2D eigenvalue weighted by Crippen LogP contribution is -2.47. The molecule has 31 heavy (non-hydrogen) atoms. The average Bonchev–Trinajstić information content (AvgIpc) is 3.36. The Labute approximate surface area is 177 Å². The van der Waals surface area contributed by atoms with Gasteiger partial charge in [0, 0.05) is 32.5 Å². The molecule has 11 heteroatoms. The number of hydrogen-bond acceptors (Lipinski definition) is 7. The van der Waals surface area contributed by atoms with Gasteiger partial charge in [-0.25, -0.2) is 14.1 Å². The third-order valence-corrected chi connectivity index (χ3v) is 5.38. The van der Waals surface area contributed by atoms with Crippen LogP contribution in [0, 0.1) is 0 Å². The van der Waals surface area contributed by atoms with E-state index in [1.165, 1.54) is 4.90 Å². The van der Waals surface area contributed by atoms with Crippen molar-refractivity contribution in [2.45, 2.75) is 19.4 Å². The minimum atomic E-state index is -0.340. The second kappa shape index (κ2) is 7.91. The van der Waals surface area contributed by atoms with E-state index >= 15 is 4.39 Å². The molecule has 2 N–H and O–H groups in total. The molecule has 10 nitrogen and oxygen atoms in total. The van der Waals surface area contributed by atoms with Crippen molar-refractivity contribution >= 4 is 28.6 Å². The fourth-order valence-electron chi connectivity index (χ4n) is 3.84. The zero-order chi connectivity index (χ0) is 21.4. The number of piperazine rings is 1. The van der Waals surface area contributed by atoms with Gasteiger partial charge in [0.1, 0.15) is 5.83 Å². The predicted molar refractivity (Wildman–Crippen MR) is 112 cm³/mol. The first-order valence-electron chi connectivity index (χ1n) is 10.1. The molecule has 0 radical (unpaired) electrons. The standard InChI is InChI=1S/C20H22FN9O/c1-28-12-15(9-24-28)26-20-23-7-14-8-25-30(19(14)27-20)11-13-3-2-4-16(18(13)21)29-6-5-22-10-17(29)31/h4,7-9,12,22H,2-3,5-6,10-11H2,1H3,(H,23,26,27). The fraction of sp³-hybridized carbons (Fsp3) is 0.350. The largest absolute Gasteiger partial charge is 0.321 e. The summed E-state index contributed by atoms with van der Waals surface area (Å²) >= 11 is 0. The molecule has 1 aliphatic carbocycles. The van der Waals surface area contributed by atoms with E-state index in [9.17, 15) is 4.79 Å². The van der Waals surface area contributed by atoms with E-state index in [2.05, 4.69) is 30.8 Å². The van der Waals surface area contributed by atoms with Crippen LogP contribution in [0.2, 0.25) is 0 Å². The Bertz CT molecular complexity index is 1210. The molecule has 0 bridgehead atoms. The van der Waals surface area contributed by atoms with Gasteiger partial charge in [-0.15, -0.1) is 0 Å². The van der Waals surface area contributed by atoms with Gasteiger partial charge in [-0.1, -0.05) is 6.08 Å². The monoisotopic (exact) mass is 423 g/mol. The Morgan fingerprint density at radius 1 is 1.26 bits per heavy atom. The molecular formula is C20H22FN9O. The van der Waals surface area contributed by atoms with E-state index in [1.54, 1.807) is 34.0 Å².